The van der Waals surface area contributed by atoms with E-state index in [0.29, 0.717) is 0 Å². The molecule has 4 nitrogen and oxygen atoms in total. The van der Waals surface area contributed by atoms with Crippen LogP contribution in [-0.4, -0.2) is 14.2 Å². The summed E-state index contributed by atoms with van der Waals surface area (Å²) in [5, 5.41) is 4.44. The van der Waals surface area contributed by atoms with Crippen molar-refractivity contribution in [3.05, 3.63) is 60.9 Å². The number of hydrogen-bond acceptors (Lipinski definition) is 4. The van der Waals surface area contributed by atoms with Gasteiger partial charge in [0.15, 0.2) is 5.82 Å². The molecular weight excluding hydrogens is 280 g/mol. The van der Waals surface area contributed by atoms with Gasteiger partial charge in [-0.1, -0.05) is 44.2 Å². The van der Waals surface area contributed by atoms with Gasteiger partial charge in [-0.2, -0.15) is 4.09 Å². The first kappa shape index (κ1) is 15.1. The highest BCUT2D eigenvalue weighted by molar-refractivity contribution is 7.97. The van der Waals surface area contributed by atoms with Crippen LogP contribution in [-0.2, 0) is 0 Å². The van der Waals surface area contributed by atoms with Gasteiger partial charge in [-0.05, 0) is 24.3 Å². The molecule has 1 heterocycles. The van der Waals surface area contributed by atoms with E-state index in [1.54, 1.807) is 10.4 Å². The molecule has 0 radical (unpaired) electrons. The lowest BCUT2D eigenvalue weighted by Gasteiger charge is -2.00. The van der Waals surface area contributed by atoms with Gasteiger partial charge >= 0.3 is 0 Å². The van der Waals surface area contributed by atoms with Crippen LogP contribution in [0.25, 0.3) is 11.4 Å². The maximum absolute atomic E-state index is 5.66. The number of nitrogens with two attached hydrogens (primary N) is 1. The van der Waals surface area contributed by atoms with Crippen molar-refractivity contribution in [3.8, 4) is 11.4 Å². The minimum Gasteiger partial charge on any atom is -0.399 e. The molecule has 3 aromatic rings. The van der Waals surface area contributed by atoms with Crippen molar-refractivity contribution in [2.75, 3.05) is 5.73 Å². The highest BCUT2D eigenvalue weighted by Crippen LogP contribution is 2.22. The van der Waals surface area contributed by atoms with E-state index < -0.39 is 0 Å². The van der Waals surface area contributed by atoms with Crippen LogP contribution in [0.2, 0.25) is 0 Å². The number of hydrogen-bond donors (Lipinski definition) is 1. The van der Waals surface area contributed by atoms with Crippen LogP contribution in [0.15, 0.2) is 65.8 Å². The number of rotatable bonds is 3. The van der Waals surface area contributed by atoms with Crippen LogP contribution in [0.1, 0.15) is 13.8 Å². The summed E-state index contributed by atoms with van der Waals surface area (Å²) in [5.41, 5.74) is 7.43. The molecule has 0 spiro atoms. The fourth-order valence-electron chi connectivity index (χ4n) is 1.65. The summed E-state index contributed by atoms with van der Waals surface area (Å²) in [6.07, 6.45) is 1.71. The summed E-state index contributed by atoms with van der Waals surface area (Å²) in [6, 6.07) is 17.6. The molecule has 0 aliphatic carbocycles. The molecule has 0 saturated carbocycles. The van der Waals surface area contributed by atoms with Gasteiger partial charge in [0.05, 0.1) is 0 Å². The van der Waals surface area contributed by atoms with Crippen LogP contribution in [0.5, 0.6) is 0 Å². The van der Waals surface area contributed by atoms with E-state index in [1.165, 1.54) is 11.9 Å². The Morgan fingerprint density at radius 2 is 1.62 bits per heavy atom. The van der Waals surface area contributed by atoms with Crippen molar-refractivity contribution >= 4 is 17.6 Å². The van der Waals surface area contributed by atoms with E-state index in [4.69, 9.17) is 5.73 Å². The van der Waals surface area contributed by atoms with Gasteiger partial charge in [0.2, 0.25) is 0 Å². The van der Waals surface area contributed by atoms with E-state index in [1.807, 2.05) is 68.4 Å². The molecule has 0 fully saturated rings. The number of nitrogens with zero attached hydrogens (tertiary/aromatic N) is 3. The van der Waals surface area contributed by atoms with Crippen molar-refractivity contribution in [2.24, 2.45) is 0 Å². The van der Waals surface area contributed by atoms with Crippen molar-refractivity contribution in [3.63, 3.8) is 0 Å². The molecule has 3 rings (SSSR count). The third-order valence-corrected chi connectivity index (χ3v) is 3.43. The van der Waals surface area contributed by atoms with Gasteiger partial charge in [0.25, 0.3) is 0 Å². The van der Waals surface area contributed by atoms with E-state index in [9.17, 15) is 0 Å². The molecule has 0 aliphatic rings. The number of benzene rings is 2. The van der Waals surface area contributed by atoms with Gasteiger partial charge < -0.3 is 5.73 Å². The fraction of sp³-hybridized carbons (Fsp3) is 0.125. The van der Waals surface area contributed by atoms with Gasteiger partial charge in [0, 0.05) is 28.1 Å². The summed E-state index contributed by atoms with van der Waals surface area (Å²) in [6.45, 7) is 4.00. The van der Waals surface area contributed by atoms with E-state index in [2.05, 4.69) is 10.1 Å². The first-order valence-corrected chi connectivity index (χ1v) is 7.59. The Morgan fingerprint density at radius 3 is 2.29 bits per heavy atom. The molecule has 21 heavy (non-hydrogen) atoms. The molecule has 108 valence electrons. The SMILES string of the molecule is CC.Nc1ccc(Sn2cnc(-c3ccccc3)n2)cc1. The topological polar surface area (TPSA) is 56.7 Å². The smallest absolute Gasteiger partial charge is 0.182 e. The Labute approximate surface area is 129 Å². The quantitative estimate of drug-likeness (QED) is 0.739. The van der Waals surface area contributed by atoms with Crippen molar-refractivity contribution in [1.29, 1.82) is 0 Å². The monoisotopic (exact) mass is 298 g/mol. The average molecular weight is 298 g/mol. The van der Waals surface area contributed by atoms with E-state index >= 15 is 0 Å². The molecule has 0 bridgehead atoms. The third-order valence-electron chi connectivity index (χ3n) is 2.58. The normalized spacial score (nSPS) is 9.81. The van der Waals surface area contributed by atoms with Crippen molar-refractivity contribution < 1.29 is 0 Å². The summed E-state index contributed by atoms with van der Waals surface area (Å²) in [4.78, 5) is 5.37. The van der Waals surface area contributed by atoms with Crippen LogP contribution in [0.4, 0.5) is 5.69 Å². The van der Waals surface area contributed by atoms with Crippen LogP contribution < -0.4 is 5.73 Å². The van der Waals surface area contributed by atoms with Gasteiger partial charge in [-0.15, -0.1) is 5.10 Å². The fourth-order valence-corrected chi connectivity index (χ4v) is 2.34. The molecule has 1 aromatic heterocycles. The lowest BCUT2D eigenvalue weighted by molar-refractivity contribution is 1.01. The molecule has 5 heteroatoms. The maximum Gasteiger partial charge on any atom is 0.182 e. The largest absolute Gasteiger partial charge is 0.399 e. The van der Waals surface area contributed by atoms with Crippen LogP contribution in [0, 0.1) is 0 Å². The van der Waals surface area contributed by atoms with Gasteiger partial charge in [-0.3, -0.25) is 0 Å². The minimum absolute atomic E-state index is 0.726. The van der Waals surface area contributed by atoms with Crippen molar-refractivity contribution in [2.45, 2.75) is 18.7 Å². The molecular formula is C16H18N4S. The first-order chi connectivity index (χ1) is 10.3. The van der Waals surface area contributed by atoms with Gasteiger partial charge in [0.1, 0.15) is 6.33 Å². The second-order valence-electron chi connectivity index (χ2n) is 4.00. The summed E-state index contributed by atoms with van der Waals surface area (Å²) in [5.74, 6) is 0.726. The van der Waals surface area contributed by atoms with E-state index in [0.717, 1.165) is 22.0 Å². The lowest BCUT2D eigenvalue weighted by Crippen LogP contribution is -1.89. The molecule has 0 amide bonds. The molecule has 0 atom stereocenters. The zero-order valence-corrected chi connectivity index (χ0v) is 12.9. The molecule has 0 saturated heterocycles. The minimum atomic E-state index is 0.726. The number of nitrogen functional groups attached to an aromatic ring is 1. The van der Waals surface area contributed by atoms with E-state index in [-0.39, 0.29) is 0 Å². The lowest BCUT2D eigenvalue weighted by atomic mass is 10.2. The van der Waals surface area contributed by atoms with Gasteiger partial charge in [-0.25, -0.2) is 4.98 Å². The van der Waals surface area contributed by atoms with Crippen LogP contribution in [0.3, 0.4) is 0 Å². The third kappa shape index (κ3) is 4.10. The maximum atomic E-state index is 5.66. The average Bonchev–Trinajstić information content (AvgIpc) is 3.01. The zero-order valence-electron chi connectivity index (χ0n) is 12.1. The molecule has 2 aromatic carbocycles. The molecule has 0 aliphatic heterocycles. The predicted molar refractivity (Wildman–Crippen MR) is 88.9 cm³/mol. The second kappa shape index (κ2) is 7.50. The van der Waals surface area contributed by atoms with Crippen LogP contribution >= 0.6 is 11.9 Å². The Balaban J connectivity index is 0.000000774. The summed E-state index contributed by atoms with van der Waals surface area (Å²) in [7, 11) is 0. The number of anilines is 1. The Hall–Kier alpha value is -2.27. The Kier molecular flexibility index (Phi) is 5.40. The standard InChI is InChI=1S/C14H12N4S.C2H6/c15-12-6-8-13(9-7-12)19-18-10-16-14(17-18)11-4-2-1-3-5-11;1-2/h1-10H,15H2;1-2H3. The predicted octanol–water partition coefficient (Wildman–Crippen LogP) is 4.11. The first-order valence-electron chi connectivity index (χ1n) is 6.82. The highest BCUT2D eigenvalue weighted by atomic mass is 32.2. The highest BCUT2D eigenvalue weighted by Gasteiger charge is 2.04. The Bertz CT molecular complexity index is 662. The molecule has 2 N–H and O–H groups in total. The summed E-state index contributed by atoms with van der Waals surface area (Å²) >= 11 is 1.50. The number of aromatic nitrogens is 3. The van der Waals surface area contributed by atoms with Crippen molar-refractivity contribution in [1.82, 2.24) is 14.2 Å². The zero-order chi connectivity index (χ0) is 15.1. The second-order valence-corrected chi connectivity index (χ2v) is 5.03. The molecule has 0 unspecified atom stereocenters. The Morgan fingerprint density at radius 1 is 0.952 bits per heavy atom. The summed E-state index contributed by atoms with van der Waals surface area (Å²) < 4.78 is 1.74.